The Labute approximate surface area is 154 Å². The maximum atomic E-state index is 13.6. The van der Waals surface area contributed by atoms with Gasteiger partial charge in [0, 0.05) is 31.8 Å². The second-order valence-corrected chi connectivity index (χ2v) is 6.81. The summed E-state index contributed by atoms with van der Waals surface area (Å²) in [6.45, 7) is 3.33. The Morgan fingerprint density at radius 2 is 2.22 bits per heavy atom. The molecule has 2 aromatic heterocycles. The molecule has 3 heterocycles. The number of benzene rings is 1. The van der Waals surface area contributed by atoms with Crippen LogP contribution in [0.3, 0.4) is 0 Å². The summed E-state index contributed by atoms with van der Waals surface area (Å²) in [5.41, 5.74) is -0.113. The molecule has 0 aliphatic carbocycles. The Morgan fingerprint density at radius 3 is 2.96 bits per heavy atom. The number of nitro benzene ring substituents is 1. The first-order chi connectivity index (χ1) is 13.0. The lowest BCUT2D eigenvalue weighted by Gasteiger charge is -2.33. The molecule has 1 aromatic carbocycles. The van der Waals surface area contributed by atoms with Crippen LogP contribution in [0.1, 0.15) is 24.6 Å². The number of fused-ring (bicyclic) bond motifs is 1. The van der Waals surface area contributed by atoms with Gasteiger partial charge in [-0.2, -0.15) is 4.98 Å². The largest absolute Gasteiger partial charge is 0.356 e. The summed E-state index contributed by atoms with van der Waals surface area (Å²) >= 11 is 0. The molecule has 0 radical (unpaired) electrons. The summed E-state index contributed by atoms with van der Waals surface area (Å²) in [5.74, 6) is 1.60. The minimum absolute atomic E-state index is 0.204. The van der Waals surface area contributed by atoms with Crippen LogP contribution in [0.15, 0.2) is 28.8 Å². The van der Waals surface area contributed by atoms with Gasteiger partial charge in [0.1, 0.15) is 11.6 Å². The van der Waals surface area contributed by atoms with Crippen molar-refractivity contribution in [3.05, 3.63) is 51.9 Å². The van der Waals surface area contributed by atoms with E-state index < -0.39 is 10.7 Å². The van der Waals surface area contributed by atoms with Crippen molar-refractivity contribution in [2.45, 2.75) is 26.2 Å². The first kappa shape index (κ1) is 17.3. The maximum Gasteiger partial charge on any atom is 0.298 e. The highest BCUT2D eigenvalue weighted by atomic mass is 19.1. The van der Waals surface area contributed by atoms with E-state index in [0.29, 0.717) is 35.3 Å². The van der Waals surface area contributed by atoms with E-state index in [2.05, 4.69) is 20.0 Å². The molecule has 140 valence electrons. The van der Waals surface area contributed by atoms with E-state index in [1.54, 1.807) is 19.1 Å². The highest BCUT2D eigenvalue weighted by Crippen LogP contribution is 2.30. The third kappa shape index (κ3) is 3.57. The molecule has 1 aliphatic heterocycles. The third-order valence-corrected chi connectivity index (χ3v) is 4.80. The van der Waals surface area contributed by atoms with Gasteiger partial charge in [-0.1, -0.05) is 5.16 Å². The van der Waals surface area contributed by atoms with Crippen LogP contribution in [0.4, 0.5) is 15.9 Å². The molecule has 0 bridgehead atoms. The number of piperidine rings is 1. The van der Waals surface area contributed by atoms with Gasteiger partial charge in [0.2, 0.25) is 5.89 Å². The minimum Gasteiger partial charge on any atom is -0.356 e. The lowest BCUT2D eigenvalue weighted by Crippen LogP contribution is -2.36. The van der Waals surface area contributed by atoms with Gasteiger partial charge in [-0.15, -0.1) is 0 Å². The van der Waals surface area contributed by atoms with Gasteiger partial charge < -0.3 is 9.42 Å². The van der Waals surface area contributed by atoms with Crippen molar-refractivity contribution in [3.8, 4) is 0 Å². The van der Waals surface area contributed by atoms with E-state index in [4.69, 9.17) is 4.52 Å². The standard InChI is InChI=1S/C18H18FN5O3/c1-11-20-16(22-27-11)7-12-3-2-6-23(10-12)17-5-4-13-8-14(19)9-15(24(25)26)18(13)21-17/h4-5,8-9,12H,2-3,6-7,10H2,1H3. The Kier molecular flexibility index (Phi) is 4.43. The number of aryl methyl sites for hydroxylation is 1. The molecular formula is C18H18FN5O3. The Balaban J connectivity index is 1.60. The van der Waals surface area contributed by atoms with Gasteiger partial charge in [-0.3, -0.25) is 10.1 Å². The van der Waals surface area contributed by atoms with Crippen LogP contribution in [-0.4, -0.2) is 33.1 Å². The molecule has 1 saturated heterocycles. The van der Waals surface area contributed by atoms with Crippen molar-refractivity contribution in [2.24, 2.45) is 5.92 Å². The van der Waals surface area contributed by atoms with Crippen molar-refractivity contribution in [3.63, 3.8) is 0 Å². The summed E-state index contributed by atoms with van der Waals surface area (Å²) in [5, 5.41) is 15.6. The molecule has 0 N–H and O–H groups in total. The topological polar surface area (TPSA) is 98.2 Å². The van der Waals surface area contributed by atoms with E-state index in [0.717, 1.165) is 32.0 Å². The van der Waals surface area contributed by atoms with E-state index in [9.17, 15) is 14.5 Å². The number of aromatic nitrogens is 3. The van der Waals surface area contributed by atoms with Crippen LogP contribution >= 0.6 is 0 Å². The number of hydrogen-bond donors (Lipinski definition) is 0. The predicted molar refractivity (Wildman–Crippen MR) is 96.0 cm³/mol. The molecule has 4 rings (SSSR count). The highest BCUT2D eigenvalue weighted by Gasteiger charge is 2.24. The molecule has 1 aliphatic rings. The van der Waals surface area contributed by atoms with Crippen molar-refractivity contribution in [1.82, 2.24) is 15.1 Å². The molecular weight excluding hydrogens is 353 g/mol. The number of pyridine rings is 1. The van der Waals surface area contributed by atoms with Crippen LogP contribution in [0, 0.1) is 28.8 Å². The molecule has 1 fully saturated rings. The molecule has 1 unspecified atom stereocenters. The van der Waals surface area contributed by atoms with Crippen LogP contribution in [0.25, 0.3) is 10.9 Å². The number of anilines is 1. The van der Waals surface area contributed by atoms with Gasteiger partial charge in [-0.25, -0.2) is 9.37 Å². The molecule has 0 amide bonds. The molecule has 27 heavy (non-hydrogen) atoms. The number of halogens is 1. The summed E-state index contributed by atoms with van der Waals surface area (Å²) in [7, 11) is 0. The van der Waals surface area contributed by atoms with Crippen molar-refractivity contribution >= 4 is 22.4 Å². The van der Waals surface area contributed by atoms with Crippen molar-refractivity contribution in [1.29, 1.82) is 0 Å². The third-order valence-electron chi connectivity index (χ3n) is 4.80. The fourth-order valence-electron chi connectivity index (χ4n) is 3.61. The zero-order chi connectivity index (χ0) is 19.0. The fourth-order valence-corrected chi connectivity index (χ4v) is 3.61. The SMILES string of the molecule is Cc1nc(CC2CCCN(c3ccc4cc(F)cc([N+](=O)[O-])c4n3)C2)no1. The Hall–Kier alpha value is -3.10. The minimum atomic E-state index is -0.641. The average Bonchev–Trinajstić information content (AvgIpc) is 3.05. The monoisotopic (exact) mass is 371 g/mol. The van der Waals surface area contributed by atoms with Crippen molar-refractivity contribution in [2.75, 3.05) is 18.0 Å². The number of non-ortho nitro benzene ring substituents is 1. The molecule has 0 spiro atoms. The van der Waals surface area contributed by atoms with Crippen molar-refractivity contribution < 1.29 is 13.8 Å². The normalized spacial score (nSPS) is 17.4. The van der Waals surface area contributed by atoms with E-state index in [-0.39, 0.29) is 11.2 Å². The number of hydrogen-bond acceptors (Lipinski definition) is 7. The van der Waals surface area contributed by atoms with E-state index in [1.807, 2.05) is 0 Å². The summed E-state index contributed by atoms with van der Waals surface area (Å²) in [6.07, 6.45) is 2.74. The molecule has 3 aromatic rings. The van der Waals surface area contributed by atoms with Gasteiger partial charge in [0.15, 0.2) is 11.3 Å². The molecule has 9 heteroatoms. The second-order valence-electron chi connectivity index (χ2n) is 6.81. The lowest BCUT2D eigenvalue weighted by molar-refractivity contribution is -0.383. The van der Waals surface area contributed by atoms with Crippen LogP contribution in [0.5, 0.6) is 0 Å². The van der Waals surface area contributed by atoms with Crippen LogP contribution in [-0.2, 0) is 6.42 Å². The second kappa shape index (κ2) is 6.90. The quantitative estimate of drug-likeness (QED) is 0.512. The number of rotatable bonds is 4. The maximum absolute atomic E-state index is 13.6. The zero-order valence-electron chi connectivity index (χ0n) is 14.8. The predicted octanol–water partition coefficient (Wildman–Crippen LogP) is 3.43. The van der Waals surface area contributed by atoms with Gasteiger partial charge >= 0.3 is 0 Å². The summed E-state index contributed by atoms with van der Waals surface area (Å²) < 4.78 is 18.6. The molecule has 1 atom stereocenters. The zero-order valence-corrected chi connectivity index (χ0v) is 14.8. The summed E-state index contributed by atoms with van der Waals surface area (Å²) in [6, 6.07) is 5.64. The van der Waals surface area contributed by atoms with E-state index in [1.165, 1.54) is 6.07 Å². The van der Waals surface area contributed by atoms with Gasteiger partial charge in [0.25, 0.3) is 5.69 Å². The highest BCUT2D eigenvalue weighted by molar-refractivity contribution is 5.88. The number of nitrogens with zero attached hydrogens (tertiary/aromatic N) is 5. The Bertz CT molecular complexity index is 1010. The molecule has 0 saturated carbocycles. The Morgan fingerprint density at radius 1 is 1.37 bits per heavy atom. The first-order valence-corrected chi connectivity index (χ1v) is 8.78. The average molecular weight is 371 g/mol. The lowest BCUT2D eigenvalue weighted by atomic mass is 9.94. The van der Waals surface area contributed by atoms with Gasteiger partial charge in [-0.05, 0) is 37.0 Å². The smallest absolute Gasteiger partial charge is 0.298 e. The summed E-state index contributed by atoms with van der Waals surface area (Å²) in [4.78, 5) is 21.5. The van der Waals surface area contributed by atoms with Gasteiger partial charge in [0.05, 0.1) is 11.0 Å². The van der Waals surface area contributed by atoms with Crippen LogP contribution in [0.2, 0.25) is 0 Å². The number of nitro groups is 1. The van der Waals surface area contributed by atoms with Crippen LogP contribution < -0.4 is 4.90 Å². The molecule has 8 nitrogen and oxygen atoms in total. The van der Waals surface area contributed by atoms with E-state index >= 15 is 0 Å². The first-order valence-electron chi connectivity index (χ1n) is 8.78. The fraction of sp³-hybridized carbons (Fsp3) is 0.389.